The number of rotatable bonds is 13. The fourth-order valence-electron chi connectivity index (χ4n) is 7.01. The molecule has 0 bridgehead atoms. The lowest BCUT2D eigenvalue weighted by molar-refractivity contribution is -0.139. The summed E-state index contributed by atoms with van der Waals surface area (Å²) in [4.78, 5) is 39.1. The summed E-state index contributed by atoms with van der Waals surface area (Å²) in [5.41, 5.74) is 5.63. The molecular weight excluding hydrogens is 719 g/mol. The molecule has 5 N–H and O–H groups in total. The number of aromatic nitrogens is 1. The monoisotopic (exact) mass is 769 g/mol. The Balaban J connectivity index is 1.20. The molecule has 13 heteroatoms. The van der Waals surface area contributed by atoms with Crippen molar-refractivity contribution in [2.75, 3.05) is 6.54 Å². The molecule has 5 rings (SSSR count). The van der Waals surface area contributed by atoms with E-state index in [1.54, 1.807) is 26.1 Å². The topological polar surface area (TPSA) is 180 Å². The van der Waals surface area contributed by atoms with Crippen molar-refractivity contribution in [3.63, 3.8) is 0 Å². The van der Waals surface area contributed by atoms with Crippen LogP contribution in [0.1, 0.15) is 96.6 Å². The van der Waals surface area contributed by atoms with Gasteiger partial charge in [0.25, 0.3) is 21.5 Å². The van der Waals surface area contributed by atoms with E-state index in [1.165, 1.54) is 16.2 Å². The zero-order valence-electron chi connectivity index (χ0n) is 32.5. The van der Waals surface area contributed by atoms with Gasteiger partial charge in [-0.3, -0.25) is 15.0 Å². The van der Waals surface area contributed by atoms with Crippen LogP contribution in [-0.4, -0.2) is 54.1 Å². The van der Waals surface area contributed by atoms with Crippen LogP contribution in [0.4, 0.5) is 0 Å². The first-order valence-corrected chi connectivity index (χ1v) is 20.0. The summed E-state index contributed by atoms with van der Waals surface area (Å²) < 4.78 is 37.0. The van der Waals surface area contributed by atoms with E-state index in [4.69, 9.17) is 10.1 Å². The SMILES string of the molecule is Cc1c(C)c(S(=O)(=O)NC(=N)NCCC[C@H](NC(=O)c2cccn(Cc3ccccc3-c3cccc(C(C)C)c3)c2=O)C(=O)O)c(C)c2c1OC(C)(C)CC2. The number of fused-ring (bicyclic) bond motifs is 1. The van der Waals surface area contributed by atoms with Crippen LogP contribution in [0.5, 0.6) is 5.75 Å². The molecule has 4 aromatic rings. The van der Waals surface area contributed by atoms with Gasteiger partial charge in [-0.15, -0.1) is 0 Å². The summed E-state index contributed by atoms with van der Waals surface area (Å²) in [5.74, 6) is -1.53. The minimum Gasteiger partial charge on any atom is -0.487 e. The zero-order chi connectivity index (χ0) is 40.2. The lowest BCUT2D eigenvalue weighted by Gasteiger charge is -2.35. The average Bonchev–Trinajstić information content (AvgIpc) is 3.12. The Bertz CT molecular complexity index is 2300. The van der Waals surface area contributed by atoms with E-state index in [9.17, 15) is 27.9 Å². The maximum atomic E-state index is 13.5. The number of carboxylic acids is 1. The van der Waals surface area contributed by atoms with Crippen LogP contribution in [0.2, 0.25) is 0 Å². The van der Waals surface area contributed by atoms with Crippen LogP contribution in [-0.2, 0) is 27.8 Å². The van der Waals surface area contributed by atoms with Crippen molar-refractivity contribution in [2.45, 2.75) is 103 Å². The third-order valence-electron chi connectivity index (χ3n) is 10.2. The van der Waals surface area contributed by atoms with E-state index in [-0.39, 0.29) is 42.0 Å². The lowest BCUT2D eigenvalue weighted by atomic mass is 9.88. The van der Waals surface area contributed by atoms with Crippen LogP contribution >= 0.6 is 0 Å². The molecule has 55 heavy (non-hydrogen) atoms. The number of ether oxygens (including phenoxy) is 1. The van der Waals surface area contributed by atoms with Crippen LogP contribution < -0.4 is 25.7 Å². The first kappa shape index (κ1) is 40.7. The molecule has 0 unspecified atom stereocenters. The highest BCUT2D eigenvalue weighted by molar-refractivity contribution is 7.90. The molecule has 1 aliphatic heterocycles. The number of nitrogens with zero attached hydrogens (tertiary/aromatic N) is 1. The normalized spacial score (nSPS) is 14.0. The number of carboxylic acid groups (broad SMARTS) is 1. The molecule has 1 aliphatic rings. The van der Waals surface area contributed by atoms with Gasteiger partial charge in [0.1, 0.15) is 23.0 Å². The summed E-state index contributed by atoms with van der Waals surface area (Å²) in [6, 6.07) is 17.6. The summed E-state index contributed by atoms with van der Waals surface area (Å²) in [7, 11) is -4.14. The van der Waals surface area contributed by atoms with Gasteiger partial charge in [-0.05, 0) is 123 Å². The van der Waals surface area contributed by atoms with Gasteiger partial charge >= 0.3 is 5.97 Å². The summed E-state index contributed by atoms with van der Waals surface area (Å²) >= 11 is 0. The smallest absolute Gasteiger partial charge is 0.326 e. The van der Waals surface area contributed by atoms with Crippen LogP contribution in [0.25, 0.3) is 11.1 Å². The van der Waals surface area contributed by atoms with Crippen molar-refractivity contribution < 1.29 is 27.9 Å². The van der Waals surface area contributed by atoms with Gasteiger partial charge in [-0.2, -0.15) is 0 Å². The third-order valence-corrected chi connectivity index (χ3v) is 11.9. The Kier molecular flexibility index (Phi) is 12.2. The predicted molar refractivity (Wildman–Crippen MR) is 214 cm³/mol. The number of sulfonamides is 1. The van der Waals surface area contributed by atoms with Crippen molar-refractivity contribution in [1.82, 2.24) is 19.9 Å². The van der Waals surface area contributed by atoms with Crippen LogP contribution in [0.15, 0.2) is 76.6 Å². The lowest BCUT2D eigenvalue weighted by Crippen LogP contribution is -2.44. The minimum atomic E-state index is -4.14. The van der Waals surface area contributed by atoms with Gasteiger partial charge in [-0.25, -0.2) is 17.9 Å². The highest BCUT2D eigenvalue weighted by atomic mass is 32.2. The molecule has 0 saturated heterocycles. The molecule has 3 aromatic carbocycles. The van der Waals surface area contributed by atoms with E-state index >= 15 is 0 Å². The number of pyridine rings is 1. The second-order valence-corrected chi connectivity index (χ2v) is 16.7. The van der Waals surface area contributed by atoms with Crippen molar-refractivity contribution in [3.05, 3.63) is 116 Å². The third kappa shape index (κ3) is 9.27. The number of hydrogen-bond donors (Lipinski definition) is 5. The zero-order valence-corrected chi connectivity index (χ0v) is 33.3. The van der Waals surface area contributed by atoms with E-state index < -0.39 is 39.5 Å². The first-order chi connectivity index (χ1) is 25.9. The molecule has 0 fully saturated rings. The molecule has 1 atom stereocenters. The Labute approximate surface area is 322 Å². The Morgan fingerprint density at radius 1 is 1.00 bits per heavy atom. The number of guanidine groups is 1. The number of nitrogens with one attached hydrogen (secondary N) is 4. The largest absolute Gasteiger partial charge is 0.487 e. The highest BCUT2D eigenvalue weighted by Crippen LogP contribution is 2.42. The standard InChI is InChI=1S/C42H51N5O7S/c1-25(2)29-14-10-15-30(23-29)33-16-9-8-13-31(33)24-47-22-12-17-34(39(47)49)38(48)45-35(40(50)51)18-11-21-44-41(43)46-55(52,53)37-27(4)26(3)36-32(28(37)5)19-20-42(6,7)54-36/h8-10,12-17,22-23,25,35H,11,18-21,24H2,1-7H3,(H,45,48)(H,50,51)(H3,43,44,46)/t35-/m0/s1. The molecule has 0 radical (unpaired) electrons. The number of benzene rings is 3. The van der Waals surface area contributed by atoms with Crippen LogP contribution in [0.3, 0.4) is 0 Å². The number of carbonyl (C=O) groups is 2. The molecular formula is C42H51N5O7S. The molecule has 0 aliphatic carbocycles. The van der Waals surface area contributed by atoms with Gasteiger partial charge in [0.15, 0.2) is 0 Å². The van der Waals surface area contributed by atoms with E-state index in [0.29, 0.717) is 29.2 Å². The van der Waals surface area contributed by atoms with Gasteiger partial charge in [0.05, 0.1) is 11.4 Å². The molecule has 1 amide bonds. The summed E-state index contributed by atoms with van der Waals surface area (Å²) in [5, 5.41) is 23.3. The summed E-state index contributed by atoms with van der Waals surface area (Å²) in [6.45, 7) is 13.8. The van der Waals surface area contributed by atoms with Gasteiger partial charge < -0.3 is 25.0 Å². The molecule has 0 spiro atoms. The van der Waals surface area contributed by atoms with E-state index in [0.717, 1.165) is 34.2 Å². The quantitative estimate of drug-likeness (QED) is 0.0608. The fraction of sp³-hybridized carbons (Fsp3) is 0.381. The Hall–Kier alpha value is -5.43. The van der Waals surface area contributed by atoms with Crippen molar-refractivity contribution in [2.24, 2.45) is 0 Å². The fourth-order valence-corrected chi connectivity index (χ4v) is 8.53. The molecule has 12 nitrogen and oxygen atoms in total. The predicted octanol–water partition coefficient (Wildman–Crippen LogP) is 6.18. The number of hydrogen-bond acceptors (Lipinski definition) is 7. The van der Waals surface area contributed by atoms with E-state index in [2.05, 4.69) is 41.3 Å². The van der Waals surface area contributed by atoms with Gasteiger partial charge in [0.2, 0.25) is 5.96 Å². The maximum Gasteiger partial charge on any atom is 0.326 e. The van der Waals surface area contributed by atoms with Gasteiger partial charge in [-0.1, -0.05) is 62.4 Å². The molecule has 1 aromatic heterocycles. The Morgan fingerprint density at radius 3 is 2.44 bits per heavy atom. The van der Waals surface area contributed by atoms with Crippen molar-refractivity contribution in [1.29, 1.82) is 5.41 Å². The highest BCUT2D eigenvalue weighted by Gasteiger charge is 2.34. The number of aliphatic carboxylic acids is 1. The number of amides is 1. The second-order valence-electron chi connectivity index (χ2n) is 15.1. The molecule has 292 valence electrons. The molecule has 0 saturated carbocycles. The summed E-state index contributed by atoms with van der Waals surface area (Å²) in [6.07, 6.45) is 3.11. The van der Waals surface area contributed by atoms with E-state index in [1.807, 2.05) is 57.2 Å². The van der Waals surface area contributed by atoms with Crippen molar-refractivity contribution in [3.8, 4) is 16.9 Å². The maximum absolute atomic E-state index is 13.5. The second kappa shape index (κ2) is 16.5. The van der Waals surface area contributed by atoms with Gasteiger partial charge in [0, 0.05) is 12.7 Å². The minimum absolute atomic E-state index is 0.0444. The molecule has 2 heterocycles. The van der Waals surface area contributed by atoms with Crippen molar-refractivity contribution >= 4 is 27.9 Å². The first-order valence-electron chi connectivity index (χ1n) is 18.5. The average molecular weight is 770 g/mol. The van der Waals surface area contributed by atoms with Crippen LogP contribution in [0, 0.1) is 26.2 Å². The number of carbonyl (C=O) groups excluding carboxylic acids is 1. The Morgan fingerprint density at radius 2 is 1.73 bits per heavy atom.